The molecule has 1 aliphatic rings. The van der Waals surface area contributed by atoms with Crippen molar-refractivity contribution in [1.29, 1.82) is 0 Å². The van der Waals surface area contributed by atoms with Crippen LogP contribution in [-0.4, -0.2) is 129 Å². The van der Waals surface area contributed by atoms with Gasteiger partial charge in [0.1, 0.15) is 0 Å². The molecule has 0 aromatic carbocycles. The monoisotopic (exact) mass is 322 g/mol. The predicted molar refractivity (Wildman–Crippen MR) is 71.8 cm³/mol. The van der Waals surface area contributed by atoms with Crippen LogP contribution in [0, 0.1) is 0 Å². The van der Waals surface area contributed by atoms with Crippen LogP contribution in [0.2, 0.25) is 0 Å². The summed E-state index contributed by atoms with van der Waals surface area (Å²) in [6, 6.07) is 0. The van der Waals surface area contributed by atoms with E-state index in [0.717, 1.165) is 0 Å². The van der Waals surface area contributed by atoms with Gasteiger partial charge in [-0.25, -0.2) is 0 Å². The summed E-state index contributed by atoms with van der Waals surface area (Å²) < 4.78 is 41.7. The molecule has 0 bridgehead atoms. The molecule has 0 spiro atoms. The van der Waals surface area contributed by atoms with Gasteiger partial charge in [0.05, 0.1) is 79.3 Å². The second-order valence-corrected chi connectivity index (χ2v) is 3.67. The molecule has 116 valence electrons. The first-order valence-electron chi connectivity index (χ1n) is 6.84. The van der Waals surface area contributed by atoms with Crippen molar-refractivity contribution < 1.29 is 28.2 Å². The van der Waals surface area contributed by atoms with E-state index in [-0.39, 0.29) is 0 Å². The quantitative estimate of drug-likeness (QED) is 0.591. The molecule has 0 aliphatic carbocycles. The zero-order valence-corrected chi connectivity index (χ0v) is 15.4. The van der Waals surface area contributed by atoms with Gasteiger partial charge in [-0.15, -0.1) is 0 Å². The van der Waals surface area contributed by atoms with Crippen LogP contribution in [0.15, 0.2) is 0 Å². The molecule has 0 unspecified atom stereocenters. The van der Waals surface area contributed by atoms with E-state index in [1.54, 1.807) is 0 Å². The van der Waals surface area contributed by atoms with E-state index in [2.05, 4.69) is 0 Å². The SMILES string of the molecule is C1COCCOCCOCCOCCOCCO1.[F][K]. The summed E-state index contributed by atoms with van der Waals surface area (Å²) in [6.07, 6.45) is 0. The first kappa shape index (κ1) is 21.3. The summed E-state index contributed by atoms with van der Waals surface area (Å²) in [5, 5.41) is 0. The molecule has 0 aromatic rings. The van der Waals surface area contributed by atoms with Crippen LogP contribution in [-0.2, 0) is 28.4 Å². The topological polar surface area (TPSA) is 55.4 Å². The van der Waals surface area contributed by atoms with Crippen LogP contribution >= 0.6 is 0 Å². The van der Waals surface area contributed by atoms with Gasteiger partial charge < -0.3 is 28.4 Å². The fourth-order valence-electron chi connectivity index (χ4n) is 1.32. The van der Waals surface area contributed by atoms with Crippen LogP contribution in [0.5, 0.6) is 0 Å². The summed E-state index contributed by atoms with van der Waals surface area (Å²) in [4.78, 5) is 0. The number of halogens is 1. The fraction of sp³-hybridized carbons (Fsp3) is 1.00. The zero-order valence-electron chi connectivity index (χ0n) is 12.3. The molecule has 0 aromatic heterocycles. The van der Waals surface area contributed by atoms with Gasteiger partial charge in [-0.05, 0) is 0 Å². The Morgan fingerprint density at radius 3 is 0.550 bits per heavy atom. The summed E-state index contributed by atoms with van der Waals surface area (Å²) in [5.41, 5.74) is 0. The Kier molecular flexibility index (Phi) is 21.7. The van der Waals surface area contributed by atoms with Crippen LogP contribution in [0.3, 0.4) is 0 Å². The molecule has 1 aliphatic heterocycles. The maximum atomic E-state index is 9.69. The van der Waals surface area contributed by atoms with Gasteiger partial charge in [-0.2, -0.15) is 0 Å². The van der Waals surface area contributed by atoms with Crippen LogP contribution in [0.1, 0.15) is 0 Å². The van der Waals surface area contributed by atoms with E-state index in [9.17, 15) is -0.211 Å². The third kappa shape index (κ3) is 17.4. The molecule has 0 N–H and O–H groups in total. The number of rotatable bonds is 0. The van der Waals surface area contributed by atoms with Crippen molar-refractivity contribution in [3.63, 3.8) is 0 Å². The van der Waals surface area contributed by atoms with Crippen molar-refractivity contribution in [1.82, 2.24) is 0 Å². The van der Waals surface area contributed by atoms with Crippen molar-refractivity contribution in [3.05, 3.63) is 0 Å². The van der Waals surface area contributed by atoms with Crippen LogP contribution < -0.4 is 0 Å². The van der Waals surface area contributed by atoms with Crippen molar-refractivity contribution >= 4 is 49.9 Å². The molecule has 6 nitrogen and oxygen atoms in total. The minimum absolute atomic E-state index is 0.438. The molecule has 20 heavy (non-hydrogen) atoms. The van der Waals surface area contributed by atoms with Gasteiger partial charge in [-0.3, -0.25) is 0 Å². The molecule has 1 rings (SSSR count). The normalized spacial score (nSPS) is 21.9. The van der Waals surface area contributed by atoms with Crippen molar-refractivity contribution in [2.45, 2.75) is 0 Å². The van der Waals surface area contributed by atoms with Crippen molar-refractivity contribution in [3.8, 4) is 0 Å². The summed E-state index contributed by atoms with van der Waals surface area (Å²) in [7, 11) is 0. The van der Waals surface area contributed by atoms with Crippen molar-refractivity contribution in [2.75, 3.05) is 79.3 Å². The van der Waals surface area contributed by atoms with Crippen LogP contribution in [0.4, 0.5) is -0.211 Å². The second kappa shape index (κ2) is 20.3. The molecule has 8 heteroatoms. The third-order valence-corrected chi connectivity index (χ3v) is 2.23. The summed E-state index contributed by atoms with van der Waals surface area (Å²) in [5.74, 6) is 0. The Bertz CT molecular complexity index is 103. The molecule has 0 saturated carbocycles. The Balaban J connectivity index is 0.00000172. The summed E-state index contributed by atoms with van der Waals surface area (Å²) in [6.45, 7) is 7.04. The Morgan fingerprint density at radius 1 is 0.350 bits per heavy atom. The second-order valence-electron chi connectivity index (χ2n) is 3.67. The first-order valence-corrected chi connectivity index (χ1v) is 8.02. The molecule has 1 heterocycles. The van der Waals surface area contributed by atoms with Gasteiger partial charge in [0.2, 0.25) is 0 Å². The van der Waals surface area contributed by atoms with E-state index in [0.29, 0.717) is 79.3 Å². The maximum absolute atomic E-state index is 9.69. The average Bonchev–Trinajstić information content (AvgIpc) is 2.49. The zero-order chi connectivity index (χ0) is 14.7. The molecular weight excluding hydrogens is 298 g/mol. The van der Waals surface area contributed by atoms with Gasteiger partial charge >= 0.3 is 49.7 Å². The van der Waals surface area contributed by atoms with E-state index in [1.165, 1.54) is 0 Å². The molecule has 1 saturated heterocycles. The summed E-state index contributed by atoms with van der Waals surface area (Å²) >= 11 is -0.438. The van der Waals surface area contributed by atoms with Gasteiger partial charge in [-0.1, -0.05) is 0 Å². The molecule has 1 fully saturated rings. The third-order valence-electron chi connectivity index (χ3n) is 2.23. The number of ether oxygens (including phenoxy) is 6. The average molecular weight is 322 g/mol. The number of hydrogen-bond acceptors (Lipinski definition) is 6. The Morgan fingerprint density at radius 2 is 0.450 bits per heavy atom. The van der Waals surface area contributed by atoms with E-state index >= 15 is 0 Å². The van der Waals surface area contributed by atoms with Crippen LogP contribution in [0.25, 0.3) is 0 Å². The van der Waals surface area contributed by atoms with E-state index in [4.69, 9.17) is 28.4 Å². The standard InChI is InChI=1S/C12H24O6.FH.K/c1-2-14-5-6-16-9-10-18-12-11-17-8-7-15-4-3-13-1;;/h1-12H2;1H;/q;;+1/p-1. The Hall–Kier alpha value is 1.33. The molecular formula is C12H24FKO6. The van der Waals surface area contributed by atoms with Gasteiger partial charge in [0.25, 0.3) is 0 Å². The molecule has 0 radical (unpaired) electrons. The molecule has 0 amide bonds. The Labute approximate surface area is 156 Å². The molecule has 0 atom stereocenters. The minimum atomic E-state index is -0.438. The van der Waals surface area contributed by atoms with Crippen molar-refractivity contribution in [2.24, 2.45) is 0 Å². The number of hydrogen-bond donors (Lipinski definition) is 0. The van der Waals surface area contributed by atoms with Gasteiger partial charge in [0, 0.05) is 0 Å². The van der Waals surface area contributed by atoms with E-state index in [1.807, 2.05) is 0 Å². The predicted octanol–water partition coefficient (Wildman–Crippen LogP) is 0.139. The van der Waals surface area contributed by atoms with E-state index < -0.39 is 49.9 Å². The fourth-order valence-corrected chi connectivity index (χ4v) is 1.32. The van der Waals surface area contributed by atoms with Gasteiger partial charge in [0.15, 0.2) is 0 Å². The first-order chi connectivity index (χ1) is 10.0.